The number of benzene rings is 2. The van der Waals surface area contributed by atoms with Crippen LogP contribution in [0, 0.1) is 6.92 Å². The number of para-hydroxylation sites is 1. The van der Waals surface area contributed by atoms with E-state index < -0.39 is 0 Å². The van der Waals surface area contributed by atoms with Crippen molar-refractivity contribution < 1.29 is 9.15 Å². The van der Waals surface area contributed by atoms with Crippen LogP contribution in [0.1, 0.15) is 5.56 Å². The van der Waals surface area contributed by atoms with E-state index in [0.29, 0.717) is 30.8 Å². The van der Waals surface area contributed by atoms with Crippen molar-refractivity contribution in [3.05, 3.63) is 54.1 Å². The number of nitrogens with zero attached hydrogens (tertiary/aromatic N) is 5. The highest BCUT2D eigenvalue weighted by Crippen LogP contribution is 2.29. The summed E-state index contributed by atoms with van der Waals surface area (Å²) >= 11 is 0. The Bertz CT molecular complexity index is 1120. The van der Waals surface area contributed by atoms with Crippen LogP contribution >= 0.6 is 0 Å². The quantitative estimate of drug-likeness (QED) is 0.544. The molecule has 0 bridgehead atoms. The summed E-state index contributed by atoms with van der Waals surface area (Å²) < 4.78 is 11.4. The minimum Gasteiger partial charge on any atom is -0.413 e. The van der Waals surface area contributed by atoms with Crippen molar-refractivity contribution in [1.29, 1.82) is 0 Å². The Morgan fingerprint density at radius 1 is 0.857 bits per heavy atom. The van der Waals surface area contributed by atoms with Gasteiger partial charge in [-0.2, -0.15) is 0 Å². The molecule has 0 saturated carbocycles. The van der Waals surface area contributed by atoms with Gasteiger partial charge in [0.25, 0.3) is 5.89 Å². The van der Waals surface area contributed by atoms with Gasteiger partial charge in [0.2, 0.25) is 11.7 Å². The Morgan fingerprint density at radius 2 is 1.61 bits per heavy atom. The molecule has 7 nitrogen and oxygen atoms in total. The molecule has 4 aromatic rings. The first-order valence-electron chi connectivity index (χ1n) is 9.28. The van der Waals surface area contributed by atoms with E-state index in [1.165, 1.54) is 5.56 Å². The van der Waals surface area contributed by atoms with Gasteiger partial charge in [0.1, 0.15) is 5.82 Å². The van der Waals surface area contributed by atoms with E-state index in [0.717, 1.165) is 35.4 Å². The maximum absolute atomic E-state index is 5.90. The summed E-state index contributed by atoms with van der Waals surface area (Å²) in [5.41, 5.74) is 2.90. The normalized spacial score (nSPS) is 14.5. The number of fused-ring (bicyclic) bond motifs is 1. The summed E-state index contributed by atoms with van der Waals surface area (Å²) in [6.07, 6.45) is 0. The average Bonchev–Trinajstić information content (AvgIpc) is 3.24. The van der Waals surface area contributed by atoms with Crippen molar-refractivity contribution in [2.45, 2.75) is 6.92 Å². The second kappa shape index (κ2) is 7.01. The van der Waals surface area contributed by atoms with Gasteiger partial charge < -0.3 is 14.1 Å². The number of anilines is 1. The SMILES string of the molecule is Cc1ccc(-c2nnc(-c3nc(N4CCOCC4)c4ccccc4n3)o2)cc1. The van der Waals surface area contributed by atoms with Gasteiger partial charge in [-0.15, -0.1) is 10.2 Å². The molecule has 0 radical (unpaired) electrons. The Hall–Kier alpha value is -3.32. The zero-order valence-corrected chi connectivity index (χ0v) is 15.5. The summed E-state index contributed by atoms with van der Waals surface area (Å²) in [4.78, 5) is 11.7. The standard InChI is InChI=1S/C21H19N5O2/c1-14-6-8-15(9-7-14)20-24-25-21(28-20)18-22-17-5-3-2-4-16(17)19(23-18)26-10-12-27-13-11-26/h2-9H,10-13H2,1H3. The molecular weight excluding hydrogens is 354 g/mol. The fourth-order valence-electron chi connectivity index (χ4n) is 3.30. The molecule has 1 aliphatic rings. The largest absolute Gasteiger partial charge is 0.413 e. The second-order valence-electron chi connectivity index (χ2n) is 6.77. The topological polar surface area (TPSA) is 77.2 Å². The van der Waals surface area contributed by atoms with Gasteiger partial charge in [0.15, 0.2) is 0 Å². The zero-order valence-electron chi connectivity index (χ0n) is 15.5. The molecule has 140 valence electrons. The molecule has 0 N–H and O–H groups in total. The molecule has 1 fully saturated rings. The van der Waals surface area contributed by atoms with E-state index >= 15 is 0 Å². The van der Waals surface area contributed by atoms with E-state index in [-0.39, 0.29) is 0 Å². The Morgan fingerprint density at radius 3 is 2.43 bits per heavy atom. The molecular formula is C21H19N5O2. The summed E-state index contributed by atoms with van der Waals surface area (Å²) in [6.45, 7) is 4.99. The van der Waals surface area contributed by atoms with Crippen LogP contribution in [0.25, 0.3) is 34.1 Å². The first-order valence-corrected chi connectivity index (χ1v) is 9.28. The fourth-order valence-corrected chi connectivity index (χ4v) is 3.30. The zero-order chi connectivity index (χ0) is 18.9. The number of rotatable bonds is 3. The predicted octanol–water partition coefficient (Wildman–Crippen LogP) is 3.49. The summed E-state index contributed by atoms with van der Waals surface area (Å²) in [5.74, 6) is 2.08. The van der Waals surface area contributed by atoms with Crippen molar-refractivity contribution in [2.75, 3.05) is 31.2 Å². The van der Waals surface area contributed by atoms with Crippen LogP contribution in [-0.2, 0) is 4.74 Å². The Balaban J connectivity index is 1.58. The predicted molar refractivity (Wildman–Crippen MR) is 106 cm³/mol. The molecule has 5 rings (SSSR count). The van der Waals surface area contributed by atoms with Gasteiger partial charge in [-0.05, 0) is 31.2 Å². The average molecular weight is 373 g/mol. The van der Waals surface area contributed by atoms with Gasteiger partial charge >= 0.3 is 0 Å². The third kappa shape index (κ3) is 3.10. The molecule has 7 heteroatoms. The van der Waals surface area contributed by atoms with Crippen LogP contribution in [0.4, 0.5) is 5.82 Å². The minimum atomic E-state index is 0.316. The summed E-state index contributed by atoms with van der Waals surface area (Å²) in [5, 5.41) is 9.38. The van der Waals surface area contributed by atoms with Gasteiger partial charge in [-0.1, -0.05) is 29.8 Å². The van der Waals surface area contributed by atoms with Crippen molar-refractivity contribution in [2.24, 2.45) is 0 Å². The van der Waals surface area contributed by atoms with E-state index in [1.807, 2.05) is 55.5 Å². The van der Waals surface area contributed by atoms with Crippen molar-refractivity contribution >= 4 is 16.7 Å². The molecule has 0 aliphatic carbocycles. The number of aromatic nitrogens is 4. The monoisotopic (exact) mass is 373 g/mol. The van der Waals surface area contributed by atoms with Crippen molar-refractivity contribution in [3.8, 4) is 23.2 Å². The fraction of sp³-hybridized carbons (Fsp3) is 0.238. The highest BCUT2D eigenvalue weighted by molar-refractivity contribution is 5.90. The lowest BCUT2D eigenvalue weighted by Crippen LogP contribution is -2.37. The van der Waals surface area contributed by atoms with E-state index in [2.05, 4.69) is 20.1 Å². The van der Waals surface area contributed by atoms with Crippen LogP contribution in [0.15, 0.2) is 52.9 Å². The molecule has 0 atom stereocenters. The lowest BCUT2D eigenvalue weighted by Gasteiger charge is -2.28. The highest BCUT2D eigenvalue weighted by atomic mass is 16.5. The van der Waals surface area contributed by atoms with Gasteiger partial charge in [0, 0.05) is 24.0 Å². The smallest absolute Gasteiger partial charge is 0.286 e. The van der Waals surface area contributed by atoms with Gasteiger partial charge in [0.05, 0.1) is 18.7 Å². The molecule has 2 aromatic heterocycles. The van der Waals surface area contributed by atoms with Crippen molar-refractivity contribution in [1.82, 2.24) is 20.2 Å². The van der Waals surface area contributed by atoms with Crippen LogP contribution < -0.4 is 4.90 Å². The first-order chi connectivity index (χ1) is 13.8. The molecule has 28 heavy (non-hydrogen) atoms. The van der Waals surface area contributed by atoms with E-state index in [4.69, 9.17) is 14.1 Å². The molecule has 2 aromatic carbocycles. The van der Waals surface area contributed by atoms with Crippen LogP contribution in [-0.4, -0.2) is 46.5 Å². The van der Waals surface area contributed by atoms with Crippen LogP contribution in [0.2, 0.25) is 0 Å². The Labute approximate surface area is 162 Å². The van der Waals surface area contributed by atoms with Gasteiger partial charge in [-0.3, -0.25) is 0 Å². The van der Waals surface area contributed by atoms with Crippen LogP contribution in [0.5, 0.6) is 0 Å². The molecule has 0 spiro atoms. The molecule has 1 saturated heterocycles. The number of hydrogen-bond donors (Lipinski definition) is 0. The Kier molecular flexibility index (Phi) is 4.21. The molecule has 0 unspecified atom stereocenters. The lowest BCUT2D eigenvalue weighted by molar-refractivity contribution is 0.122. The minimum absolute atomic E-state index is 0.316. The van der Waals surface area contributed by atoms with Crippen molar-refractivity contribution in [3.63, 3.8) is 0 Å². The summed E-state index contributed by atoms with van der Waals surface area (Å²) in [7, 11) is 0. The lowest BCUT2D eigenvalue weighted by atomic mass is 10.1. The number of aryl methyl sites for hydroxylation is 1. The highest BCUT2D eigenvalue weighted by Gasteiger charge is 2.20. The molecule has 0 amide bonds. The third-order valence-corrected chi connectivity index (χ3v) is 4.81. The molecule has 3 heterocycles. The van der Waals surface area contributed by atoms with Crippen LogP contribution in [0.3, 0.4) is 0 Å². The maximum atomic E-state index is 5.90. The number of ether oxygens (including phenoxy) is 1. The van der Waals surface area contributed by atoms with Gasteiger partial charge in [-0.25, -0.2) is 9.97 Å². The first kappa shape index (κ1) is 16.8. The third-order valence-electron chi connectivity index (χ3n) is 4.81. The van der Waals surface area contributed by atoms with E-state index in [1.54, 1.807) is 0 Å². The van der Waals surface area contributed by atoms with E-state index in [9.17, 15) is 0 Å². The molecule has 1 aliphatic heterocycles. The summed E-state index contributed by atoms with van der Waals surface area (Å²) in [6, 6.07) is 15.9. The number of hydrogen-bond acceptors (Lipinski definition) is 7. The second-order valence-corrected chi connectivity index (χ2v) is 6.77. The number of morpholine rings is 1. The maximum Gasteiger partial charge on any atom is 0.286 e.